The number of nitrogens with one attached hydrogen (secondary N) is 1. The van der Waals surface area contributed by atoms with E-state index in [-0.39, 0.29) is 29.3 Å². The van der Waals surface area contributed by atoms with Gasteiger partial charge in [-0.1, -0.05) is 12.1 Å². The van der Waals surface area contributed by atoms with Crippen LogP contribution in [0.25, 0.3) is 0 Å². The highest BCUT2D eigenvalue weighted by atomic mass is 35.5. The van der Waals surface area contributed by atoms with Gasteiger partial charge in [-0.15, -0.1) is 12.4 Å². The predicted octanol–water partition coefficient (Wildman–Crippen LogP) is 2.96. The summed E-state index contributed by atoms with van der Waals surface area (Å²) < 4.78 is 13.2. The number of benzene rings is 1. The molecule has 2 heterocycles. The maximum absolute atomic E-state index is 13.2. The quantitative estimate of drug-likeness (QED) is 0.867. The first kappa shape index (κ1) is 13.8. The molecule has 2 nitrogen and oxygen atoms in total. The van der Waals surface area contributed by atoms with Gasteiger partial charge in [0.2, 0.25) is 0 Å². The van der Waals surface area contributed by atoms with Crippen LogP contribution in [0, 0.1) is 5.82 Å². The van der Waals surface area contributed by atoms with E-state index in [2.05, 4.69) is 12.2 Å². The van der Waals surface area contributed by atoms with Crippen molar-refractivity contribution in [2.45, 2.75) is 49.8 Å². The molecule has 1 atom stereocenters. The molecule has 18 heavy (non-hydrogen) atoms. The van der Waals surface area contributed by atoms with Crippen LogP contribution in [-0.4, -0.2) is 16.2 Å². The molecule has 1 aromatic carbocycles. The van der Waals surface area contributed by atoms with E-state index >= 15 is 0 Å². The largest absolute Gasteiger partial charge is 0.386 e. The first-order valence-corrected chi connectivity index (χ1v) is 6.26. The van der Waals surface area contributed by atoms with Crippen molar-refractivity contribution in [1.29, 1.82) is 0 Å². The van der Waals surface area contributed by atoms with Crippen molar-refractivity contribution >= 4 is 12.4 Å². The fourth-order valence-corrected chi connectivity index (χ4v) is 3.44. The lowest BCUT2D eigenvalue weighted by atomic mass is 9.78. The van der Waals surface area contributed by atoms with E-state index in [9.17, 15) is 9.50 Å². The Morgan fingerprint density at radius 2 is 1.94 bits per heavy atom. The molecular formula is C14H19ClFNO. The zero-order valence-electron chi connectivity index (χ0n) is 10.4. The Kier molecular flexibility index (Phi) is 3.43. The molecule has 0 aliphatic carbocycles. The highest BCUT2D eigenvalue weighted by Crippen LogP contribution is 2.50. The highest BCUT2D eigenvalue weighted by molar-refractivity contribution is 5.85. The zero-order chi connectivity index (χ0) is 12.1. The van der Waals surface area contributed by atoms with Gasteiger partial charge in [0.25, 0.3) is 0 Å². The Morgan fingerprint density at radius 3 is 2.44 bits per heavy atom. The molecule has 2 aliphatic rings. The van der Waals surface area contributed by atoms with Crippen molar-refractivity contribution in [3.05, 3.63) is 35.6 Å². The van der Waals surface area contributed by atoms with Gasteiger partial charge in [0.05, 0.1) is 6.10 Å². The monoisotopic (exact) mass is 271 g/mol. The van der Waals surface area contributed by atoms with E-state index in [0.29, 0.717) is 5.56 Å². The molecule has 1 aromatic rings. The molecule has 0 unspecified atom stereocenters. The summed E-state index contributed by atoms with van der Waals surface area (Å²) in [6, 6.07) is 6.32. The molecule has 100 valence electrons. The van der Waals surface area contributed by atoms with Crippen LogP contribution in [0.3, 0.4) is 0 Å². The van der Waals surface area contributed by atoms with Crippen LogP contribution >= 0.6 is 12.4 Å². The highest BCUT2D eigenvalue weighted by Gasteiger charge is 2.54. The fourth-order valence-electron chi connectivity index (χ4n) is 3.44. The molecule has 0 aromatic heterocycles. The summed E-state index contributed by atoms with van der Waals surface area (Å²) in [5.74, 6) is -0.281. The molecule has 2 bridgehead atoms. The lowest BCUT2D eigenvalue weighted by Gasteiger charge is -2.32. The minimum absolute atomic E-state index is 0. The molecule has 0 spiro atoms. The Hall–Kier alpha value is -0.640. The van der Waals surface area contributed by atoms with E-state index in [4.69, 9.17) is 0 Å². The first-order chi connectivity index (χ1) is 8.03. The average Bonchev–Trinajstić information content (AvgIpc) is 2.83. The van der Waals surface area contributed by atoms with Gasteiger partial charge in [0.15, 0.2) is 0 Å². The van der Waals surface area contributed by atoms with Crippen LogP contribution in [0.5, 0.6) is 0 Å². The number of aliphatic hydroxyl groups excluding tert-OH is 1. The van der Waals surface area contributed by atoms with E-state index in [1.165, 1.54) is 12.1 Å². The van der Waals surface area contributed by atoms with Crippen LogP contribution in [0.4, 0.5) is 4.39 Å². The summed E-state index contributed by atoms with van der Waals surface area (Å²) in [7, 11) is 0. The smallest absolute Gasteiger partial charge is 0.123 e. The van der Waals surface area contributed by atoms with E-state index in [1.54, 1.807) is 12.1 Å². The summed E-state index contributed by atoms with van der Waals surface area (Å²) in [6.07, 6.45) is 3.53. The normalized spacial score (nSPS) is 35.3. The number of fused-ring (bicyclic) bond motifs is 2. The van der Waals surface area contributed by atoms with Crippen LogP contribution in [0.15, 0.2) is 24.3 Å². The molecule has 2 fully saturated rings. The first-order valence-electron chi connectivity index (χ1n) is 6.26. The van der Waals surface area contributed by atoms with Crippen molar-refractivity contribution in [2.75, 3.05) is 0 Å². The summed E-state index contributed by atoms with van der Waals surface area (Å²) in [4.78, 5) is 0. The van der Waals surface area contributed by atoms with E-state index < -0.39 is 6.10 Å². The predicted molar refractivity (Wildman–Crippen MR) is 71.3 cm³/mol. The second-order valence-corrected chi connectivity index (χ2v) is 5.80. The van der Waals surface area contributed by atoms with Crippen LogP contribution in [0.1, 0.15) is 44.3 Å². The van der Waals surface area contributed by atoms with Crippen LogP contribution in [-0.2, 0) is 0 Å². The van der Waals surface area contributed by atoms with Crippen molar-refractivity contribution in [2.24, 2.45) is 0 Å². The molecule has 0 amide bonds. The zero-order valence-corrected chi connectivity index (χ0v) is 11.3. The Bertz CT molecular complexity index is 443. The van der Waals surface area contributed by atoms with Gasteiger partial charge in [-0.2, -0.15) is 0 Å². The van der Waals surface area contributed by atoms with Gasteiger partial charge >= 0.3 is 0 Å². The molecule has 0 radical (unpaired) electrons. The Labute approximate surface area is 113 Å². The molecule has 4 heteroatoms. The maximum atomic E-state index is 13.2. The summed E-state index contributed by atoms with van der Waals surface area (Å²) in [6.45, 7) is 2.21. The van der Waals surface area contributed by atoms with E-state index in [0.717, 1.165) is 25.7 Å². The fraction of sp³-hybridized carbons (Fsp3) is 0.571. The minimum Gasteiger partial charge on any atom is -0.386 e. The van der Waals surface area contributed by atoms with Gasteiger partial charge in [0, 0.05) is 11.1 Å². The minimum atomic E-state index is -0.609. The molecule has 2 saturated heterocycles. The van der Waals surface area contributed by atoms with Gasteiger partial charge in [-0.25, -0.2) is 4.39 Å². The third-order valence-electron chi connectivity index (χ3n) is 4.48. The summed E-state index contributed by atoms with van der Waals surface area (Å²) in [5, 5.41) is 14.1. The third-order valence-corrected chi connectivity index (χ3v) is 4.48. The Morgan fingerprint density at radius 1 is 1.28 bits per heavy atom. The topological polar surface area (TPSA) is 32.3 Å². The third kappa shape index (κ3) is 2.04. The number of aliphatic hydroxyl groups is 1. The summed E-state index contributed by atoms with van der Waals surface area (Å²) >= 11 is 0. The van der Waals surface area contributed by atoms with Gasteiger partial charge in [0.1, 0.15) is 5.82 Å². The molecule has 0 saturated carbocycles. The number of hydrogen-bond donors (Lipinski definition) is 2. The van der Waals surface area contributed by atoms with Crippen molar-refractivity contribution in [1.82, 2.24) is 5.32 Å². The standard InChI is InChI=1S/C14H18FNO.ClH/c1-13-5-7-14(16-13,8-6-13)12(17)10-3-2-4-11(15)9-10;/h2-4,9,12,16-17H,5-8H2,1H3;1H/t12-,13?,14?;/m0./s1. The molecule has 2 aliphatic heterocycles. The molecule has 2 N–H and O–H groups in total. The van der Waals surface area contributed by atoms with Gasteiger partial charge in [-0.05, 0) is 50.3 Å². The number of halogens is 2. The van der Waals surface area contributed by atoms with Gasteiger partial charge in [-0.3, -0.25) is 0 Å². The number of rotatable bonds is 2. The molecular weight excluding hydrogens is 253 g/mol. The van der Waals surface area contributed by atoms with Gasteiger partial charge < -0.3 is 10.4 Å². The van der Waals surface area contributed by atoms with E-state index in [1.807, 2.05) is 0 Å². The van der Waals surface area contributed by atoms with Crippen LogP contribution in [0.2, 0.25) is 0 Å². The second-order valence-electron chi connectivity index (χ2n) is 5.80. The van der Waals surface area contributed by atoms with Crippen molar-refractivity contribution < 1.29 is 9.50 Å². The van der Waals surface area contributed by atoms with Crippen LogP contribution < -0.4 is 5.32 Å². The maximum Gasteiger partial charge on any atom is 0.123 e. The van der Waals surface area contributed by atoms with Crippen molar-refractivity contribution in [3.8, 4) is 0 Å². The summed E-state index contributed by atoms with van der Waals surface area (Å²) in [5.41, 5.74) is 0.625. The lowest BCUT2D eigenvalue weighted by molar-refractivity contribution is 0.0735. The van der Waals surface area contributed by atoms with Crippen molar-refractivity contribution in [3.63, 3.8) is 0 Å². The average molecular weight is 272 g/mol. The second kappa shape index (κ2) is 4.48. The Balaban J connectivity index is 0.00000120. The SMILES string of the molecule is CC12CCC([C@@H](O)c3cccc(F)c3)(CC1)N2.Cl. The lowest BCUT2D eigenvalue weighted by Crippen LogP contribution is -2.45. The molecule has 3 rings (SSSR count). The number of hydrogen-bond acceptors (Lipinski definition) is 2.